The molecule has 1 heterocycles. The van der Waals surface area contributed by atoms with Crippen LogP contribution in [0.5, 0.6) is 0 Å². The van der Waals surface area contributed by atoms with Gasteiger partial charge in [0.15, 0.2) is 5.82 Å². The first-order valence-corrected chi connectivity index (χ1v) is 10.9. The Kier molecular flexibility index (Phi) is 4.61. The number of hydrogen-bond donors (Lipinski definition) is 1. The molecular formula is C19H25N3O3S. The fraction of sp³-hybridized carbons (Fsp3) is 0.579. The van der Waals surface area contributed by atoms with Crippen LogP contribution in [0.1, 0.15) is 67.8 Å². The molecule has 4 rings (SSSR count). The summed E-state index contributed by atoms with van der Waals surface area (Å²) >= 11 is 0. The van der Waals surface area contributed by atoms with Gasteiger partial charge in [0.2, 0.25) is 15.9 Å². The van der Waals surface area contributed by atoms with Gasteiger partial charge in [-0.25, -0.2) is 8.42 Å². The van der Waals surface area contributed by atoms with E-state index in [-0.39, 0.29) is 0 Å². The minimum Gasteiger partial charge on any atom is -0.340 e. The second-order valence-corrected chi connectivity index (χ2v) is 9.21. The Bertz CT molecular complexity index is 897. The van der Waals surface area contributed by atoms with Crippen LogP contribution < -0.4 is 4.72 Å². The average molecular weight is 375 g/mol. The molecule has 1 aromatic carbocycles. The van der Waals surface area contributed by atoms with Crippen molar-refractivity contribution in [2.24, 2.45) is 0 Å². The molecule has 0 amide bonds. The van der Waals surface area contributed by atoms with Crippen LogP contribution in [0.3, 0.4) is 0 Å². The first-order valence-electron chi connectivity index (χ1n) is 9.45. The van der Waals surface area contributed by atoms with Gasteiger partial charge in [-0.2, -0.15) is 9.71 Å². The number of nitrogens with one attached hydrogen (secondary N) is 1. The van der Waals surface area contributed by atoms with Gasteiger partial charge in [-0.15, -0.1) is 0 Å². The predicted octanol–water partition coefficient (Wildman–Crippen LogP) is 3.39. The molecule has 0 spiro atoms. The molecule has 0 saturated heterocycles. The first kappa shape index (κ1) is 17.7. The Hall–Kier alpha value is -1.73. The zero-order valence-corrected chi connectivity index (χ0v) is 15.9. The van der Waals surface area contributed by atoms with E-state index in [1.165, 1.54) is 5.56 Å². The third-order valence-corrected chi connectivity index (χ3v) is 7.16. The maximum atomic E-state index is 13.2. The molecule has 1 aromatic heterocycles. The van der Waals surface area contributed by atoms with Crippen molar-refractivity contribution in [2.45, 2.75) is 75.1 Å². The molecule has 26 heavy (non-hydrogen) atoms. The van der Waals surface area contributed by atoms with Crippen LogP contribution in [0.2, 0.25) is 0 Å². The van der Waals surface area contributed by atoms with Crippen molar-refractivity contribution in [3.63, 3.8) is 0 Å². The largest absolute Gasteiger partial charge is 0.340 e. The lowest BCUT2D eigenvalue weighted by Crippen LogP contribution is -2.46. The Balaban J connectivity index is 1.70. The summed E-state index contributed by atoms with van der Waals surface area (Å²) in [6.45, 7) is 1.73. The Morgan fingerprint density at radius 2 is 1.77 bits per heavy atom. The van der Waals surface area contributed by atoms with Gasteiger partial charge in [0, 0.05) is 6.92 Å². The van der Waals surface area contributed by atoms with E-state index in [1.807, 2.05) is 12.1 Å². The number of aryl methyl sites for hydroxylation is 3. The number of hydrogen-bond acceptors (Lipinski definition) is 5. The lowest BCUT2D eigenvalue weighted by molar-refractivity contribution is 0.301. The maximum absolute atomic E-state index is 13.2. The van der Waals surface area contributed by atoms with Crippen LogP contribution in [0.15, 0.2) is 27.6 Å². The molecule has 2 aromatic rings. The Labute approximate surface area is 154 Å². The molecule has 1 N–H and O–H groups in total. The highest BCUT2D eigenvalue weighted by Crippen LogP contribution is 2.36. The van der Waals surface area contributed by atoms with E-state index in [9.17, 15) is 8.42 Å². The molecule has 7 heteroatoms. The van der Waals surface area contributed by atoms with Gasteiger partial charge >= 0.3 is 0 Å². The van der Waals surface area contributed by atoms with E-state index >= 15 is 0 Å². The van der Waals surface area contributed by atoms with Crippen molar-refractivity contribution >= 4 is 10.0 Å². The predicted molar refractivity (Wildman–Crippen MR) is 97.2 cm³/mol. The topological polar surface area (TPSA) is 85.1 Å². The molecule has 1 fully saturated rings. The third-order valence-electron chi connectivity index (χ3n) is 5.62. The minimum absolute atomic E-state index is 0.335. The number of sulfonamides is 1. The maximum Gasteiger partial charge on any atom is 0.241 e. The fourth-order valence-corrected chi connectivity index (χ4v) is 5.70. The summed E-state index contributed by atoms with van der Waals surface area (Å²) in [5, 5.41) is 4.08. The number of nitrogens with zero attached hydrogens (tertiary/aromatic N) is 2. The summed E-state index contributed by atoms with van der Waals surface area (Å²) in [5.41, 5.74) is 1.63. The molecule has 0 aliphatic heterocycles. The van der Waals surface area contributed by atoms with Crippen LogP contribution in [-0.4, -0.2) is 18.6 Å². The van der Waals surface area contributed by atoms with E-state index < -0.39 is 15.6 Å². The molecule has 6 nitrogen and oxygen atoms in total. The van der Waals surface area contributed by atoms with Crippen LogP contribution in [0.4, 0.5) is 0 Å². The number of fused-ring (bicyclic) bond motifs is 1. The zero-order valence-electron chi connectivity index (χ0n) is 15.1. The van der Waals surface area contributed by atoms with Crippen LogP contribution in [-0.2, 0) is 28.4 Å². The second-order valence-electron chi connectivity index (χ2n) is 7.52. The standard InChI is InChI=1S/C19H25N3O3S/c1-14-20-18(21-25-14)19(11-4-2-3-5-12-19)22-26(23,24)17-10-9-15-7-6-8-16(15)13-17/h9-10,13,22H,2-8,11-12H2,1H3. The zero-order chi connectivity index (χ0) is 18.2. The first-order chi connectivity index (χ1) is 12.5. The van der Waals surface area contributed by atoms with Gasteiger partial charge in [0.1, 0.15) is 0 Å². The summed E-state index contributed by atoms with van der Waals surface area (Å²) in [7, 11) is -3.67. The van der Waals surface area contributed by atoms with E-state index in [0.717, 1.165) is 50.5 Å². The van der Waals surface area contributed by atoms with E-state index in [4.69, 9.17) is 4.52 Å². The number of rotatable bonds is 4. The molecule has 140 valence electrons. The van der Waals surface area contributed by atoms with Gasteiger partial charge in [-0.3, -0.25) is 0 Å². The second kappa shape index (κ2) is 6.78. The molecule has 2 aliphatic rings. The fourth-order valence-electron chi connectivity index (χ4n) is 4.23. The van der Waals surface area contributed by atoms with Gasteiger partial charge in [0.25, 0.3) is 0 Å². The highest BCUT2D eigenvalue weighted by molar-refractivity contribution is 7.89. The van der Waals surface area contributed by atoms with Gasteiger partial charge < -0.3 is 4.52 Å². The minimum atomic E-state index is -3.67. The summed E-state index contributed by atoms with van der Waals surface area (Å²) in [6.07, 6.45) is 8.55. The number of benzene rings is 1. The van der Waals surface area contributed by atoms with Crippen LogP contribution in [0.25, 0.3) is 0 Å². The molecule has 0 atom stereocenters. The monoisotopic (exact) mass is 375 g/mol. The van der Waals surface area contributed by atoms with Crippen molar-refractivity contribution < 1.29 is 12.9 Å². The van der Waals surface area contributed by atoms with Gasteiger partial charge in [0.05, 0.1) is 10.4 Å². The summed E-state index contributed by atoms with van der Waals surface area (Å²) in [4.78, 5) is 4.71. The Morgan fingerprint density at radius 1 is 1.04 bits per heavy atom. The van der Waals surface area contributed by atoms with Crippen molar-refractivity contribution in [1.29, 1.82) is 0 Å². The highest BCUT2D eigenvalue weighted by atomic mass is 32.2. The highest BCUT2D eigenvalue weighted by Gasteiger charge is 2.41. The third kappa shape index (κ3) is 3.30. The SMILES string of the molecule is Cc1nc(C2(NS(=O)(=O)c3ccc4c(c3)CCC4)CCCCCC2)no1. The van der Waals surface area contributed by atoms with Crippen molar-refractivity contribution in [3.8, 4) is 0 Å². The van der Waals surface area contributed by atoms with Crippen molar-refractivity contribution in [2.75, 3.05) is 0 Å². The van der Waals surface area contributed by atoms with Gasteiger partial charge in [-0.05, 0) is 55.4 Å². The van der Waals surface area contributed by atoms with Crippen LogP contribution in [0, 0.1) is 6.92 Å². The van der Waals surface area contributed by atoms with E-state index in [0.29, 0.717) is 29.5 Å². The molecule has 2 aliphatic carbocycles. The lowest BCUT2D eigenvalue weighted by Gasteiger charge is -2.30. The smallest absolute Gasteiger partial charge is 0.241 e. The normalized spacial score (nSPS) is 19.9. The Morgan fingerprint density at radius 3 is 2.46 bits per heavy atom. The average Bonchev–Trinajstić information content (AvgIpc) is 3.19. The van der Waals surface area contributed by atoms with Crippen LogP contribution >= 0.6 is 0 Å². The van der Waals surface area contributed by atoms with Crippen molar-refractivity contribution in [1.82, 2.24) is 14.9 Å². The number of aromatic nitrogens is 2. The van der Waals surface area contributed by atoms with E-state index in [1.54, 1.807) is 13.0 Å². The van der Waals surface area contributed by atoms with Gasteiger partial charge in [-0.1, -0.05) is 36.9 Å². The summed E-state index contributed by atoms with van der Waals surface area (Å²) in [5.74, 6) is 0.919. The van der Waals surface area contributed by atoms with E-state index in [2.05, 4.69) is 14.9 Å². The molecular weight excluding hydrogens is 350 g/mol. The summed E-state index contributed by atoms with van der Waals surface area (Å²) < 4.78 is 34.5. The molecule has 0 unspecified atom stereocenters. The van der Waals surface area contributed by atoms with Crippen molar-refractivity contribution in [3.05, 3.63) is 41.0 Å². The molecule has 0 bridgehead atoms. The quantitative estimate of drug-likeness (QED) is 0.828. The molecule has 0 radical (unpaired) electrons. The summed E-state index contributed by atoms with van der Waals surface area (Å²) in [6, 6.07) is 5.50. The lowest BCUT2D eigenvalue weighted by atomic mass is 9.91. The molecule has 1 saturated carbocycles.